The van der Waals surface area contributed by atoms with E-state index in [2.05, 4.69) is 5.32 Å². The number of cyclic esters (lactones) is 1. The first-order valence-corrected chi connectivity index (χ1v) is 8.73. The van der Waals surface area contributed by atoms with Gasteiger partial charge >= 0.3 is 12.1 Å². The second kappa shape index (κ2) is 7.63. The van der Waals surface area contributed by atoms with Gasteiger partial charge in [0.25, 0.3) is 0 Å². The van der Waals surface area contributed by atoms with E-state index in [0.717, 1.165) is 6.54 Å². The van der Waals surface area contributed by atoms with Crippen molar-refractivity contribution in [1.29, 1.82) is 0 Å². The Morgan fingerprint density at radius 2 is 2.16 bits per heavy atom. The van der Waals surface area contributed by atoms with Crippen LogP contribution in [0.25, 0.3) is 0 Å². The van der Waals surface area contributed by atoms with Crippen LogP contribution < -0.4 is 15.0 Å². The van der Waals surface area contributed by atoms with E-state index < -0.39 is 0 Å². The highest BCUT2D eigenvalue weighted by Crippen LogP contribution is 2.33. The van der Waals surface area contributed by atoms with E-state index in [1.807, 2.05) is 7.05 Å². The molecule has 1 aromatic rings. The molecular formula is C18H25N3O4. The van der Waals surface area contributed by atoms with Crippen molar-refractivity contribution in [3.8, 4) is 5.75 Å². The molecule has 0 bridgehead atoms. The summed E-state index contributed by atoms with van der Waals surface area (Å²) in [5.41, 5.74) is 1.28. The number of carbonyl (C=O) groups excluding carboxylic acids is 2. The number of urea groups is 1. The molecule has 7 nitrogen and oxygen atoms in total. The number of nitrogens with one attached hydrogen (secondary N) is 1. The highest BCUT2D eigenvalue weighted by atomic mass is 16.6. The van der Waals surface area contributed by atoms with Crippen molar-refractivity contribution >= 4 is 23.5 Å². The Balaban J connectivity index is 1.65. The molecule has 1 aliphatic heterocycles. The normalized spacial score (nSPS) is 17.5. The maximum atomic E-state index is 12.4. The molecule has 1 aromatic carbocycles. The molecule has 1 saturated carbocycles. The van der Waals surface area contributed by atoms with Crippen molar-refractivity contribution in [2.75, 3.05) is 44.1 Å². The predicted octanol–water partition coefficient (Wildman–Crippen LogP) is 3.31. The van der Waals surface area contributed by atoms with E-state index in [0.29, 0.717) is 36.2 Å². The van der Waals surface area contributed by atoms with Crippen LogP contribution in [0, 0.1) is 5.92 Å². The van der Waals surface area contributed by atoms with E-state index in [1.54, 1.807) is 23.1 Å². The van der Waals surface area contributed by atoms with Gasteiger partial charge < -0.3 is 19.7 Å². The van der Waals surface area contributed by atoms with E-state index in [4.69, 9.17) is 9.47 Å². The van der Waals surface area contributed by atoms with Gasteiger partial charge in [0.05, 0.1) is 19.3 Å². The number of ether oxygens (including phenoxy) is 2. The van der Waals surface area contributed by atoms with Crippen molar-refractivity contribution in [2.45, 2.75) is 25.7 Å². The van der Waals surface area contributed by atoms with Gasteiger partial charge in [-0.25, -0.2) is 9.59 Å². The number of carbonyl (C=O) groups is 2. The predicted molar refractivity (Wildman–Crippen MR) is 95.3 cm³/mol. The average Bonchev–Trinajstić information content (AvgIpc) is 3.26. The summed E-state index contributed by atoms with van der Waals surface area (Å²) in [7, 11) is 3.36. The number of methoxy groups -OCH3 is 1. The van der Waals surface area contributed by atoms with Gasteiger partial charge in [-0.1, -0.05) is 12.8 Å². The number of rotatable bonds is 5. The first kappa shape index (κ1) is 17.4. The van der Waals surface area contributed by atoms with Gasteiger partial charge in [0.15, 0.2) is 0 Å². The smallest absolute Gasteiger partial charge is 0.414 e. The van der Waals surface area contributed by atoms with Gasteiger partial charge in [-0.2, -0.15) is 0 Å². The van der Waals surface area contributed by atoms with E-state index in [1.165, 1.54) is 37.7 Å². The Bertz CT molecular complexity index is 643. The van der Waals surface area contributed by atoms with Crippen LogP contribution in [-0.4, -0.2) is 50.9 Å². The van der Waals surface area contributed by atoms with Crippen LogP contribution in [-0.2, 0) is 4.74 Å². The Kier molecular flexibility index (Phi) is 5.31. The van der Waals surface area contributed by atoms with Gasteiger partial charge in [-0.15, -0.1) is 0 Å². The molecule has 1 N–H and O–H groups in total. The molecule has 1 saturated heterocycles. The van der Waals surface area contributed by atoms with Crippen LogP contribution in [0.5, 0.6) is 5.75 Å². The second-order valence-electron chi connectivity index (χ2n) is 6.61. The van der Waals surface area contributed by atoms with Crippen LogP contribution in [0.1, 0.15) is 25.7 Å². The summed E-state index contributed by atoms with van der Waals surface area (Å²) in [4.78, 5) is 27.4. The van der Waals surface area contributed by atoms with Crippen LogP contribution in [0.15, 0.2) is 18.2 Å². The summed E-state index contributed by atoms with van der Waals surface area (Å²) in [5.74, 6) is 1.13. The minimum absolute atomic E-state index is 0.137. The fraction of sp³-hybridized carbons (Fsp3) is 0.556. The number of anilines is 2. The quantitative estimate of drug-likeness (QED) is 0.887. The Morgan fingerprint density at radius 1 is 1.40 bits per heavy atom. The zero-order chi connectivity index (χ0) is 17.8. The summed E-state index contributed by atoms with van der Waals surface area (Å²) < 4.78 is 10.3. The lowest BCUT2D eigenvalue weighted by atomic mass is 10.1. The summed E-state index contributed by atoms with van der Waals surface area (Å²) in [6.45, 7) is 1.64. The van der Waals surface area contributed by atoms with Gasteiger partial charge in [-0.05, 0) is 30.9 Å². The third-order valence-electron chi connectivity index (χ3n) is 4.84. The Labute approximate surface area is 147 Å². The second-order valence-corrected chi connectivity index (χ2v) is 6.61. The van der Waals surface area contributed by atoms with Crippen LogP contribution in [0.3, 0.4) is 0 Å². The Hall–Kier alpha value is -2.44. The number of hydrogen-bond acceptors (Lipinski definition) is 4. The highest BCUT2D eigenvalue weighted by Gasteiger charge is 2.26. The van der Waals surface area contributed by atoms with Gasteiger partial charge in [0.2, 0.25) is 0 Å². The molecule has 7 heteroatoms. The molecule has 136 valence electrons. The molecule has 1 heterocycles. The Morgan fingerprint density at radius 3 is 2.80 bits per heavy atom. The molecule has 1 aliphatic carbocycles. The largest absolute Gasteiger partial charge is 0.494 e. The lowest BCUT2D eigenvalue weighted by molar-refractivity contribution is 0.181. The van der Waals surface area contributed by atoms with Gasteiger partial charge in [0.1, 0.15) is 12.4 Å². The topological polar surface area (TPSA) is 71.1 Å². The zero-order valence-electron chi connectivity index (χ0n) is 14.8. The zero-order valence-corrected chi connectivity index (χ0v) is 14.8. The first-order valence-electron chi connectivity index (χ1n) is 8.73. The summed E-state index contributed by atoms with van der Waals surface area (Å²) in [5, 5.41) is 2.89. The molecule has 0 aromatic heterocycles. The molecule has 2 fully saturated rings. The monoisotopic (exact) mass is 347 g/mol. The number of amides is 3. The lowest BCUT2D eigenvalue weighted by Gasteiger charge is -2.22. The van der Waals surface area contributed by atoms with Crippen LogP contribution in [0.4, 0.5) is 21.0 Å². The molecule has 2 aliphatic rings. The molecule has 0 atom stereocenters. The number of hydrogen-bond donors (Lipinski definition) is 1. The summed E-state index contributed by atoms with van der Waals surface area (Å²) in [6, 6.07) is 5.12. The van der Waals surface area contributed by atoms with Crippen LogP contribution in [0.2, 0.25) is 0 Å². The SMILES string of the molecule is COc1cc(NC(=O)N(C)CC2CCCC2)ccc1N1CCOC1=O. The van der Waals surface area contributed by atoms with Crippen molar-refractivity contribution in [3.05, 3.63) is 18.2 Å². The lowest BCUT2D eigenvalue weighted by Crippen LogP contribution is -2.34. The molecule has 0 radical (unpaired) electrons. The summed E-state index contributed by atoms with van der Waals surface area (Å²) >= 11 is 0. The molecular weight excluding hydrogens is 322 g/mol. The molecule has 25 heavy (non-hydrogen) atoms. The van der Waals surface area contributed by atoms with E-state index in [-0.39, 0.29) is 12.1 Å². The standard InChI is InChI=1S/C18H25N3O4/c1-20(12-13-5-3-4-6-13)17(22)19-14-7-8-15(16(11-14)24-2)21-9-10-25-18(21)23/h7-8,11,13H,3-6,9-10,12H2,1-2H3,(H,19,22). The molecule has 0 spiro atoms. The van der Waals surface area contributed by atoms with Crippen LogP contribution >= 0.6 is 0 Å². The maximum absolute atomic E-state index is 12.4. The van der Waals surface area contributed by atoms with Gasteiger partial charge in [0, 0.05) is 25.3 Å². The van der Waals surface area contributed by atoms with Crippen molar-refractivity contribution in [3.63, 3.8) is 0 Å². The average molecular weight is 347 g/mol. The number of nitrogens with zero attached hydrogens (tertiary/aromatic N) is 2. The van der Waals surface area contributed by atoms with Crippen molar-refractivity contribution in [2.24, 2.45) is 5.92 Å². The third-order valence-corrected chi connectivity index (χ3v) is 4.84. The van der Waals surface area contributed by atoms with Gasteiger partial charge in [-0.3, -0.25) is 4.90 Å². The summed E-state index contributed by atoms with van der Waals surface area (Å²) in [6.07, 6.45) is 4.54. The molecule has 0 unspecified atom stereocenters. The molecule has 3 amide bonds. The van der Waals surface area contributed by atoms with E-state index in [9.17, 15) is 9.59 Å². The maximum Gasteiger partial charge on any atom is 0.414 e. The first-order chi connectivity index (χ1) is 12.1. The highest BCUT2D eigenvalue weighted by molar-refractivity contribution is 5.93. The minimum Gasteiger partial charge on any atom is -0.494 e. The van der Waals surface area contributed by atoms with Crippen molar-refractivity contribution < 1.29 is 19.1 Å². The third kappa shape index (κ3) is 3.97. The molecule has 3 rings (SSSR count). The fourth-order valence-electron chi connectivity index (χ4n) is 3.47. The van der Waals surface area contributed by atoms with E-state index >= 15 is 0 Å². The number of benzene rings is 1. The van der Waals surface area contributed by atoms with Crippen molar-refractivity contribution in [1.82, 2.24) is 4.90 Å². The fourth-order valence-corrected chi connectivity index (χ4v) is 3.47. The minimum atomic E-state index is -0.383.